The van der Waals surface area contributed by atoms with Crippen LogP contribution in [0, 0.1) is 6.92 Å². The number of hydrogen-bond donors (Lipinski definition) is 1. The zero-order valence-electron chi connectivity index (χ0n) is 15.2. The molecule has 1 heterocycles. The van der Waals surface area contributed by atoms with E-state index in [9.17, 15) is 13.2 Å². The van der Waals surface area contributed by atoms with Gasteiger partial charge in [-0.15, -0.1) is 0 Å². The number of benzene rings is 1. The summed E-state index contributed by atoms with van der Waals surface area (Å²) >= 11 is 0. The minimum absolute atomic E-state index is 0.0920. The van der Waals surface area contributed by atoms with E-state index in [-0.39, 0.29) is 6.03 Å². The Bertz CT molecular complexity index is 659. The number of hydrogen-bond acceptors (Lipinski definition) is 3. The number of nitrogens with zero attached hydrogens (tertiary/aromatic N) is 2. The van der Waals surface area contributed by atoms with Crippen LogP contribution in [0.1, 0.15) is 38.2 Å². The van der Waals surface area contributed by atoms with Gasteiger partial charge in [0.25, 0.3) is 0 Å². The molecule has 0 atom stereocenters. The Morgan fingerprint density at radius 2 is 1.80 bits per heavy atom. The number of carbonyl (C=O) groups excluding carboxylic acids is 1. The first-order valence-electron chi connectivity index (χ1n) is 9.04. The average Bonchev–Trinajstić information content (AvgIpc) is 2.85. The first-order valence-corrected chi connectivity index (χ1v) is 10.5. The fourth-order valence-corrected chi connectivity index (χ4v) is 4.35. The van der Waals surface area contributed by atoms with Gasteiger partial charge in [0.1, 0.15) is 0 Å². The third kappa shape index (κ3) is 5.44. The summed E-state index contributed by atoms with van der Waals surface area (Å²) in [6, 6.07) is 6.81. The summed E-state index contributed by atoms with van der Waals surface area (Å²) in [5.74, 6) is 0. The Hall–Kier alpha value is -1.60. The van der Waals surface area contributed by atoms with Crippen molar-refractivity contribution in [1.29, 1.82) is 0 Å². The maximum atomic E-state index is 12.8. The van der Waals surface area contributed by atoms with Crippen molar-refractivity contribution >= 4 is 16.1 Å². The van der Waals surface area contributed by atoms with Gasteiger partial charge in [-0.3, -0.25) is 0 Å². The molecule has 7 heteroatoms. The summed E-state index contributed by atoms with van der Waals surface area (Å²) in [7, 11) is -3.50. The van der Waals surface area contributed by atoms with Crippen LogP contribution in [-0.2, 0) is 10.0 Å². The fraction of sp³-hybridized carbons (Fsp3) is 0.611. The highest BCUT2D eigenvalue weighted by molar-refractivity contribution is 7.89. The van der Waals surface area contributed by atoms with Gasteiger partial charge in [0, 0.05) is 32.7 Å². The highest BCUT2D eigenvalue weighted by atomic mass is 32.2. The SMILES string of the molecule is CCCCCNC(=O)N1CCCN(S(=O)(=O)c2ccc(C)cc2)CC1. The third-order valence-corrected chi connectivity index (χ3v) is 6.37. The molecular formula is C18H29N3O3S. The molecule has 6 nitrogen and oxygen atoms in total. The van der Waals surface area contributed by atoms with Crippen molar-refractivity contribution in [2.24, 2.45) is 0 Å². The van der Waals surface area contributed by atoms with Crippen LogP contribution in [0.3, 0.4) is 0 Å². The number of carbonyl (C=O) groups is 1. The quantitative estimate of drug-likeness (QED) is 0.786. The molecule has 1 aromatic carbocycles. The topological polar surface area (TPSA) is 69.7 Å². The maximum Gasteiger partial charge on any atom is 0.317 e. The Balaban J connectivity index is 1.94. The van der Waals surface area contributed by atoms with Crippen LogP contribution in [0.15, 0.2) is 29.2 Å². The Morgan fingerprint density at radius 3 is 2.48 bits per heavy atom. The van der Waals surface area contributed by atoms with Crippen molar-refractivity contribution in [1.82, 2.24) is 14.5 Å². The van der Waals surface area contributed by atoms with Gasteiger partial charge in [0.05, 0.1) is 4.90 Å². The largest absolute Gasteiger partial charge is 0.338 e. The van der Waals surface area contributed by atoms with E-state index in [4.69, 9.17) is 0 Å². The summed E-state index contributed by atoms with van der Waals surface area (Å²) in [5.41, 5.74) is 1.03. The number of urea groups is 1. The number of rotatable bonds is 6. The van der Waals surface area contributed by atoms with Crippen LogP contribution in [0.25, 0.3) is 0 Å². The lowest BCUT2D eigenvalue weighted by molar-refractivity contribution is 0.200. The molecule has 1 N–H and O–H groups in total. The van der Waals surface area contributed by atoms with Gasteiger partial charge in [0.15, 0.2) is 0 Å². The summed E-state index contributed by atoms with van der Waals surface area (Å²) in [5, 5.41) is 2.93. The molecule has 0 aromatic heterocycles. The first kappa shape index (κ1) is 19.7. The van der Waals surface area contributed by atoms with Crippen LogP contribution in [0.4, 0.5) is 4.79 Å². The fourth-order valence-electron chi connectivity index (χ4n) is 2.88. The summed E-state index contributed by atoms with van der Waals surface area (Å²) in [4.78, 5) is 14.3. The number of unbranched alkanes of at least 4 members (excludes halogenated alkanes) is 2. The van der Waals surface area contributed by atoms with Gasteiger partial charge in [-0.25, -0.2) is 13.2 Å². The standard InChI is InChI=1S/C18H29N3O3S/c1-3-4-5-11-19-18(22)20-12-6-13-21(15-14-20)25(23,24)17-9-7-16(2)8-10-17/h7-10H,3-6,11-15H2,1-2H3,(H,19,22). The van der Waals surface area contributed by atoms with Crippen molar-refractivity contribution in [3.05, 3.63) is 29.8 Å². The van der Waals surface area contributed by atoms with Crippen molar-refractivity contribution < 1.29 is 13.2 Å². The van der Waals surface area contributed by atoms with Gasteiger partial charge in [-0.05, 0) is 31.9 Å². The normalized spacial score (nSPS) is 16.5. The van der Waals surface area contributed by atoms with E-state index in [0.29, 0.717) is 44.0 Å². The zero-order valence-corrected chi connectivity index (χ0v) is 16.0. The molecule has 2 amide bonds. The Labute approximate surface area is 151 Å². The second-order valence-electron chi connectivity index (χ2n) is 6.50. The van der Waals surface area contributed by atoms with Crippen molar-refractivity contribution in [2.45, 2.75) is 44.4 Å². The average molecular weight is 368 g/mol. The molecule has 25 heavy (non-hydrogen) atoms. The van der Waals surface area contributed by atoms with Crippen molar-refractivity contribution in [2.75, 3.05) is 32.7 Å². The van der Waals surface area contributed by atoms with E-state index in [2.05, 4.69) is 12.2 Å². The molecule has 1 aromatic rings. The van der Waals surface area contributed by atoms with Crippen LogP contribution in [0.5, 0.6) is 0 Å². The number of amides is 2. The number of nitrogens with one attached hydrogen (secondary N) is 1. The number of aryl methyl sites for hydroxylation is 1. The molecule has 0 aliphatic carbocycles. The van der Waals surface area contributed by atoms with Gasteiger partial charge in [-0.1, -0.05) is 37.5 Å². The maximum absolute atomic E-state index is 12.8. The second-order valence-corrected chi connectivity index (χ2v) is 8.43. The molecule has 2 rings (SSSR count). The Kier molecular flexibility index (Phi) is 7.25. The van der Waals surface area contributed by atoms with Gasteiger partial charge in [-0.2, -0.15) is 4.31 Å². The predicted octanol–water partition coefficient (Wildman–Crippen LogP) is 2.59. The van der Waals surface area contributed by atoms with Crippen molar-refractivity contribution in [3.63, 3.8) is 0 Å². The molecule has 140 valence electrons. The monoisotopic (exact) mass is 367 g/mol. The van der Waals surface area contributed by atoms with Gasteiger partial charge in [0.2, 0.25) is 10.0 Å². The zero-order chi connectivity index (χ0) is 18.3. The third-order valence-electron chi connectivity index (χ3n) is 4.46. The van der Waals surface area contributed by atoms with E-state index < -0.39 is 10.0 Å². The molecule has 0 unspecified atom stereocenters. The highest BCUT2D eigenvalue weighted by Crippen LogP contribution is 2.18. The molecule has 1 saturated heterocycles. The minimum Gasteiger partial charge on any atom is -0.338 e. The molecule has 0 saturated carbocycles. The molecular weight excluding hydrogens is 338 g/mol. The van der Waals surface area contributed by atoms with Crippen molar-refractivity contribution in [3.8, 4) is 0 Å². The second kappa shape index (κ2) is 9.20. The lowest BCUT2D eigenvalue weighted by Gasteiger charge is -2.22. The summed E-state index contributed by atoms with van der Waals surface area (Å²) in [6.45, 7) is 6.51. The van der Waals surface area contributed by atoms with E-state index in [0.717, 1.165) is 24.8 Å². The van der Waals surface area contributed by atoms with Crippen LogP contribution < -0.4 is 5.32 Å². The van der Waals surface area contributed by atoms with E-state index in [1.807, 2.05) is 6.92 Å². The summed E-state index contributed by atoms with van der Waals surface area (Å²) in [6.07, 6.45) is 3.84. The molecule has 0 bridgehead atoms. The Morgan fingerprint density at radius 1 is 1.08 bits per heavy atom. The van der Waals surface area contributed by atoms with Gasteiger partial charge >= 0.3 is 6.03 Å². The lowest BCUT2D eigenvalue weighted by atomic mass is 10.2. The van der Waals surface area contributed by atoms with Crippen LogP contribution in [0.2, 0.25) is 0 Å². The van der Waals surface area contributed by atoms with Gasteiger partial charge < -0.3 is 10.2 Å². The number of sulfonamides is 1. The molecule has 1 aliphatic rings. The van der Waals surface area contributed by atoms with Crippen LogP contribution in [-0.4, -0.2) is 56.4 Å². The minimum atomic E-state index is -3.50. The first-order chi connectivity index (χ1) is 11.9. The smallest absolute Gasteiger partial charge is 0.317 e. The lowest BCUT2D eigenvalue weighted by Crippen LogP contribution is -2.42. The molecule has 0 spiro atoms. The molecule has 0 radical (unpaired) electrons. The predicted molar refractivity (Wildman–Crippen MR) is 99.1 cm³/mol. The summed E-state index contributed by atoms with van der Waals surface area (Å²) < 4.78 is 27.0. The molecule has 1 fully saturated rings. The highest BCUT2D eigenvalue weighted by Gasteiger charge is 2.28. The van der Waals surface area contributed by atoms with E-state index >= 15 is 0 Å². The molecule has 1 aliphatic heterocycles. The van der Waals surface area contributed by atoms with Crippen LogP contribution >= 0.6 is 0 Å². The van der Waals surface area contributed by atoms with E-state index in [1.54, 1.807) is 29.2 Å². The van der Waals surface area contributed by atoms with E-state index in [1.165, 1.54) is 4.31 Å².